The van der Waals surface area contributed by atoms with Crippen molar-refractivity contribution in [3.05, 3.63) is 59.2 Å². The van der Waals surface area contributed by atoms with Crippen LogP contribution in [-0.4, -0.2) is 107 Å². The monoisotopic (exact) mass is 506 g/mol. The molecule has 0 radical (unpaired) electrons. The molecule has 8 heteroatoms. The number of hydrogen-bond donors (Lipinski definition) is 0. The van der Waals surface area contributed by atoms with Crippen molar-refractivity contribution < 1.29 is 9.59 Å². The number of rotatable bonds is 7. The predicted molar refractivity (Wildman–Crippen MR) is 146 cm³/mol. The zero-order chi connectivity index (χ0) is 26.5. The normalized spacial score (nSPS) is 20.3. The van der Waals surface area contributed by atoms with Crippen molar-refractivity contribution in [3.63, 3.8) is 0 Å². The summed E-state index contributed by atoms with van der Waals surface area (Å²) in [5.74, 6) is 0.681. The summed E-state index contributed by atoms with van der Waals surface area (Å²) < 4.78 is 0. The van der Waals surface area contributed by atoms with E-state index in [9.17, 15) is 9.59 Å². The highest BCUT2D eigenvalue weighted by Crippen LogP contribution is 2.25. The molecule has 2 aliphatic rings. The summed E-state index contributed by atoms with van der Waals surface area (Å²) in [5, 5.41) is 0. The minimum absolute atomic E-state index is 0.0566. The molecular formula is C29H42N6O2. The molecule has 4 rings (SSSR count). The molecule has 2 fully saturated rings. The van der Waals surface area contributed by atoms with Gasteiger partial charge < -0.3 is 14.7 Å². The average molecular weight is 507 g/mol. The highest BCUT2D eigenvalue weighted by atomic mass is 16.2. The third-order valence-corrected chi connectivity index (χ3v) is 7.88. The Kier molecular flexibility index (Phi) is 8.92. The fourth-order valence-electron chi connectivity index (χ4n) is 5.32. The first-order valence-electron chi connectivity index (χ1n) is 13.7. The topological polar surface area (TPSA) is 72.9 Å². The highest BCUT2D eigenvalue weighted by Gasteiger charge is 2.31. The highest BCUT2D eigenvalue weighted by molar-refractivity contribution is 5.94. The van der Waals surface area contributed by atoms with Gasteiger partial charge in [-0.25, -0.2) is 0 Å². The summed E-state index contributed by atoms with van der Waals surface area (Å²) in [5.41, 5.74) is 3.30. The molecule has 2 saturated heterocycles. The number of nitrogens with zero attached hydrogens (tertiary/aromatic N) is 6. The summed E-state index contributed by atoms with van der Waals surface area (Å²) in [7, 11) is 2.09. The third-order valence-electron chi connectivity index (χ3n) is 7.88. The van der Waals surface area contributed by atoms with E-state index in [1.165, 1.54) is 0 Å². The van der Waals surface area contributed by atoms with Crippen molar-refractivity contribution in [3.8, 4) is 0 Å². The number of piperazine rings is 2. The molecule has 0 saturated carbocycles. The largest absolute Gasteiger partial charge is 0.336 e. The van der Waals surface area contributed by atoms with Gasteiger partial charge >= 0.3 is 0 Å². The van der Waals surface area contributed by atoms with Gasteiger partial charge in [0.2, 0.25) is 0 Å². The molecule has 0 N–H and O–H groups in total. The zero-order valence-corrected chi connectivity index (χ0v) is 23.1. The molecule has 2 unspecified atom stereocenters. The van der Waals surface area contributed by atoms with Crippen LogP contribution in [0.4, 0.5) is 0 Å². The maximum absolute atomic E-state index is 13.2. The average Bonchev–Trinajstić information content (AvgIpc) is 2.92. The molecule has 2 aromatic heterocycles. The second-order valence-electron chi connectivity index (χ2n) is 10.9. The molecule has 2 aromatic rings. The van der Waals surface area contributed by atoms with Crippen LogP contribution >= 0.6 is 0 Å². The van der Waals surface area contributed by atoms with E-state index in [4.69, 9.17) is 0 Å². The van der Waals surface area contributed by atoms with Gasteiger partial charge in [0.15, 0.2) is 0 Å². The van der Waals surface area contributed by atoms with E-state index in [1.54, 1.807) is 12.4 Å². The summed E-state index contributed by atoms with van der Waals surface area (Å²) in [4.78, 5) is 43.9. The van der Waals surface area contributed by atoms with Gasteiger partial charge in [-0.3, -0.25) is 24.5 Å². The van der Waals surface area contributed by atoms with Crippen LogP contribution in [0, 0.1) is 0 Å². The smallest absolute Gasteiger partial charge is 0.255 e. The first-order chi connectivity index (χ1) is 17.8. The van der Waals surface area contributed by atoms with Crippen molar-refractivity contribution in [1.29, 1.82) is 0 Å². The fourth-order valence-corrected chi connectivity index (χ4v) is 5.32. The third kappa shape index (κ3) is 6.54. The van der Waals surface area contributed by atoms with Gasteiger partial charge in [-0.05, 0) is 56.1 Å². The molecular weight excluding hydrogens is 464 g/mol. The molecule has 0 aliphatic carbocycles. The Labute approximate surface area is 221 Å². The van der Waals surface area contributed by atoms with Crippen LogP contribution in [0.25, 0.3) is 0 Å². The van der Waals surface area contributed by atoms with E-state index in [-0.39, 0.29) is 23.8 Å². The number of pyridine rings is 2. The van der Waals surface area contributed by atoms with Crippen LogP contribution in [0.15, 0.2) is 36.7 Å². The second kappa shape index (κ2) is 12.1. The Morgan fingerprint density at radius 3 is 1.95 bits per heavy atom. The number of carbonyl (C=O) groups is 2. The van der Waals surface area contributed by atoms with E-state index >= 15 is 0 Å². The van der Waals surface area contributed by atoms with Gasteiger partial charge in [0.05, 0.1) is 11.1 Å². The first-order valence-corrected chi connectivity index (χ1v) is 13.7. The Morgan fingerprint density at radius 2 is 1.41 bits per heavy atom. The fraction of sp³-hybridized carbons (Fsp3) is 0.586. The maximum atomic E-state index is 13.2. The lowest BCUT2D eigenvalue weighted by Crippen LogP contribution is -2.54. The Balaban J connectivity index is 1.38. The van der Waals surface area contributed by atoms with E-state index < -0.39 is 0 Å². The quantitative estimate of drug-likeness (QED) is 0.574. The van der Waals surface area contributed by atoms with Gasteiger partial charge in [-0.15, -0.1) is 0 Å². The van der Waals surface area contributed by atoms with Crippen molar-refractivity contribution in [1.82, 2.24) is 29.6 Å². The number of likely N-dealkylation sites (N-methyl/N-ethyl adjacent to an activating group) is 2. The standard InChI is InChI=1S/C29H42N6O2/c1-6-33-15-16-35(29(37)24-7-9-26(21(2)3)30-18-24)20-25(33)17-22(4)27-10-8-23(19-31-27)28(36)34-13-11-32(5)12-14-34/h7-10,18-19,21-22,25H,6,11-17,20H2,1-5H3. The lowest BCUT2D eigenvalue weighted by atomic mass is 9.94. The van der Waals surface area contributed by atoms with Gasteiger partial charge in [0.25, 0.3) is 11.8 Å². The number of carbonyl (C=O) groups excluding carboxylic acids is 2. The predicted octanol–water partition coefficient (Wildman–Crippen LogP) is 3.33. The molecule has 2 aliphatic heterocycles. The van der Waals surface area contributed by atoms with E-state index in [0.29, 0.717) is 23.6 Å². The lowest BCUT2D eigenvalue weighted by molar-refractivity contribution is 0.0467. The molecule has 2 atom stereocenters. The second-order valence-corrected chi connectivity index (χ2v) is 10.9. The Bertz CT molecular complexity index is 1050. The number of amides is 2. The van der Waals surface area contributed by atoms with Crippen LogP contribution in [0.1, 0.15) is 78.1 Å². The summed E-state index contributed by atoms with van der Waals surface area (Å²) in [6.45, 7) is 15.2. The summed E-state index contributed by atoms with van der Waals surface area (Å²) in [6, 6.07) is 8.04. The van der Waals surface area contributed by atoms with Crippen molar-refractivity contribution >= 4 is 11.8 Å². The summed E-state index contributed by atoms with van der Waals surface area (Å²) in [6.07, 6.45) is 4.35. The lowest BCUT2D eigenvalue weighted by Gasteiger charge is -2.42. The molecule has 2 amide bonds. The minimum atomic E-state index is 0.0566. The molecule has 0 bridgehead atoms. The molecule has 0 spiro atoms. The molecule has 4 heterocycles. The van der Waals surface area contributed by atoms with Gasteiger partial charge in [0.1, 0.15) is 0 Å². The number of hydrogen-bond acceptors (Lipinski definition) is 6. The molecule has 37 heavy (non-hydrogen) atoms. The maximum Gasteiger partial charge on any atom is 0.255 e. The summed E-state index contributed by atoms with van der Waals surface area (Å²) >= 11 is 0. The van der Waals surface area contributed by atoms with E-state index in [2.05, 4.69) is 54.5 Å². The molecule has 200 valence electrons. The van der Waals surface area contributed by atoms with Crippen LogP contribution in [0.3, 0.4) is 0 Å². The molecule has 8 nitrogen and oxygen atoms in total. The van der Waals surface area contributed by atoms with Crippen molar-refractivity contribution in [2.24, 2.45) is 0 Å². The van der Waals surface area contributed by atoms with Crippen LogP contribution < -0.4 is 0 Å². The van der Waals surface area contributed by atoms with E-state index in [1.807, 2.05) is 34.1 Å². The SMILES string of the molecule is CCN1CCN(C(=O)c2ccc(C(C)C)nc2)CC1CC(C)c1ccc(C(=O)N2CCN(C)CC2)cn1. The van der Waals surface area contributed by atoms with Crippen molar-refractivity contribution in [2.45, 2.75) is 52.0 Å². The van der Waals surface area contributed by atoms with Gasteiger partial charge in [-0.2, -0.15) is 0 Å². The van der Waals surface area contributed by atoms with Crippen molar-refractivity contribution in [2.75, 3.05) is 59.4 Å². The van der Waals surface area contributed by atoms with Gasteiger partial charge in [-0.1, -0.05) is 27.7 Å². The number of aromatic nitrogens is 2. The Morgan fingerprint density at radius 1 is 0.838 bits per heavy atom. The van der Waals surface area contributed by atoms with E-state index in [0.717, 1.165) is 63.6 Å². The van der Waals surface area contributed by atoms with Gasteiger partial charge in [0, 0.05) is 75.6 Å². The van der Waals surface area contributed by atoms with Crippen LogP contribution in [0.5, 0.6) is 0 Å². The van der Waals surface area contributed by atoms with Crippen LogP contribution in [-0.2, 0) is 0 Å². The zero-order valence-electron chi connectivity index (χ0n) is 23.1. The Hall–Kier alpha value is -2.84. The van der Waals surface area contributed by atoms with Crippen LogP contribution in [0.2, 0.25) is 0 Å². The minimum Gasteiger partial charge on any atom is -0.336 e. The molecule has 0 aromatic carbocycles. The first kappa shape index (κ1) is 27.2.